The number of ether oxygens (including phenoxy) is 2. The van der Waals surface area contributed by atoms with Gasteiger partial charge in [0, 0.05) is 4.88 Å². The Labute approximate surface area is 164 Å². The van der Waals surface area contributed by atoms with E-state index in [1.807, 2.05) is 6.07 Å². The molecule has 0 N–H and O–H groups in total. The van der Waals surface area contributed by atoms with Crippen molar-refractivity contribution in [3.8, 4) is 5.75 Å². The van der Waals surface area contributed by atoms with Crippen molar-refractivity contribution in [2.24, 2.45) is 0 Å². The molecule has 0 atom stereocenters. The van der Waals surface area contributed by atoms with Crippen LogP contribution in [0.15, 0.2) is 42.5 Å². The van der Waals surface area contributed by atoms with E-state index in [9.17, 15) is 18.0 Å². The van der Waals surface area contributed by atoms with Gasteiger partial charge in [0.1, 0.15) is 12.2 Å². The van der Waals surface area contributed by atoms with Gasteiger partial charge >= 0.3 is 12.1 Å². The number of alkyl halides is 3. The number of fused-ring (bicyclic) bond motifs is 1. The topological polar surface area (TPSA) is 35.5 Å². The number of hydrogen-bond acceptors (Lipinski definition) is 4. The maximum Gasteiger partial charge on any atom is 0.416 e. The Bertz CT molecular complexity index is 989. The van der Waals surface area contributed by atoms with Gasteiger partial charge in [-0.1, -0.05) is 32.0 Å². The molecule has 148 valence electrons. The third kappa shape index (κ3) is 4.14. The fourth-order valence-corrected chi connectivity index (χ4v) is 3.91. The van der Waals surface area contributed by atoms with E-state index in [4.69, 9.17) is 9.47 Å². The average molecular weight is 408 g/mol. The van der Waals surface area contributed by atoms with Gasteiger partial charge in [-0.3, -0.25) is 0 Å². The summed E-state index contributed by atoms with van der Waals surface area (Å²) in [7, 11) is 1.29. The predicted molar refractivity (Wildman–Crippen MR) is 103 cm³/mol. The zero-order valence-electron chi connectivity index (χ0n) is 15.6. The number of halogens is 3. The van der Waals surface area contributed by atoms with Gasteiger partial charge in [0.15, 0.2) is 5.75 Å². The van der Waals surface area contributed by atoms with Gasteiger partial charge in [-0.25, -0.2) is 4.79 Å². The molecule has 0 amide bonds. The maximum absolute atomic E-state index is 12.7. The second-order valence-electron chi connectivity index (χ2n) is 6.64. The number of rotatable bonds is 5. The molecule has 1 aromatic heterocycles. The lowest BCUT2D eigenvalue weighted by Crippen LogP contribution is -2.07. The number of carbonyl (C=O) groups is 1. The summed E-state index contributed by atoms with van der Waals surface area (Å²) in [6, 6.07) is 10.3. The van der Waals surface area contributed by atoms with E-state index in [0.29, 0.717) is 22.8 Å². The van der Waals surface area contributed by atoms with Crippen molar-refractivity contribution in [1.29, 1.82) is 0 Å². The van der Waals surface area contributed by atoms with E-state index in [-0.39, 0.29) is 6.61 Å². The largest absolute Gasteiger partial charge is 0.486 e. The Balaban J connectivity index is 1.94. The van der Waals surface area contributed by atoms with E-state index < -0.39 is 17.7 Å². The molecule has 0 aliphatic carbocycles. The summed E-state index contributed by atoms with van der Waals surface area (Å²) < 4.78 is 49.7. The van der Waals surface area contributed by atoms with Gasteiger partial charge in [-0.15, -0.1) is 11.3 Å². The highest BCUT2D eigenvalue weighted by Crippen LogP contribution is 2.39. The van der Waals surface area contributed by atoms with Crippen molar-refractivity contribution in [2.45, 2.75) is 32.5 Å². The van der Waals surface area contributed by atoms with Crippen LogP contribution in [0.5, 0.6) is 5.75 Å². The summed E-state index contributed by atoms with van der Waals surface area (Å²) >= 11 is 1.53. The summed E-state index contributed by atoms with van der Waals surface area (Å²) in [4.78, 5) is 13.3. The molecular formula is C21H19F3O3S. The lowest BCUT2D eigenvalue weighted by Gasteiger charge is -2.12. The molecule has 0 unspecified atom stereocenters. The second-order valence-corrected chi connectivity index (χ2v) is 7.72. The van der Waals surface area contributed by atoms with E-state index in [1.54, 1.807) is 6.07 Å². The Morgan fingerprint density at radius 3 is 2.36 bits per heavy atom. The fourth-order valence-electron chi connectivity index (χ4n) is 2.74. The molecule has 2 aromatic carbocycles. The van der Waals surface area contributed by atoms with Crippen LogP contribution in [0, 0.1) is 0 Å². The lowest BCUT2D eigenvalue weighted by molar-refractivity contribution is -0.137. The molecule has 0 saturated heterocycles. The van der Waals surface area contributed by atoms with Crippen molar-refractivity contribution < 1.29 is 27.4 Å². The maximum atomic E-state index is 12.7. The first-order chi connectivity index (χ1) is 13.2. The third-order valence-electron chi connectivity index (χ3n) is 4.30. The molecule has 0 radical (unpaired) electrons. The Hall–Kier alpha value is -2.54. The van der Waals surface area contributed by atoms with Crippen LogP contribution < -0.4 is 4.74 Å². The summed E-state index contributed by atoms with van der Waals surface area (Å²) in [6.45, 7) is 4.19. The molecule has 0 saturated carbocycles. The van der Waals surface area contributed by atoms with Crippen molar-refractivity contribution in [3.05, 3.63) is 64.0 Å². The first-order valence-electron chi connectivity index (χ1n) is 8.64. The van der Waals surface area contributed by atoms with Crippen LogP contribution in [0.2, 0.25) is 0 Å². The van der Waals surface area contributed by atoms with Crippen molar-refractivity contribution in [1.82, 2.24) is 0 Å². The molecule has 7 heteroatoms. The Kier molecular flexibility index (Phi) is 5.65. The van der Waals surface area contributed by atoms with Crippen LogP contribution >= 0.6 is 11.3 Å². The van der Waals surface area contributed by atoms with Gasteiger partial charge in [-0.05, 0) is 41.1 Å². The number of carbonyl (C=O) groups excluding carboxylic acids is 1. The standard InChI is InChI=1S/C21H19F3O3S/c1-12(2)17-10-14-6-9-16(20(25)26-3)18(19(14)28-17)27-11-13-4-7-15(8-5-13)21(22,23)24/h4-10,12H,11H2,1-3H3. The summed E-state index contributed by atoms with van der Waals surface area (Å²) in [5.74, 6) is 0.187. The predicted octanol–water partition coefficient (Wildman–Crippen LogP) is 6.41. The van der Waals surface area contributed by atoms with Gasteiger partial charge in [0.05, 0.1) is 17.4 Å². The highest BCUT2D eigenvalue weighted by atomic mass is 32.1. The van der Waals surface area contributed by atoms with Crippen LogP contribution in [-0.2, 0) is 17.5 Å². The molecule has 0 aliphatic rings. The van der Waals surface area contributed by atoms with Crippen molar-refractivity contribution in [3.63, 3.8) is 0 Å². The van der Waals surface area contributed by atoms with Crippen LogP contribution in [0.25, 0.3) is 10.1 Å². The molecule has 3 nitrogen and oxygen atoms in total. The highest BCUT2D eigenvalue weighted by molar-refractivity contribution is 7.19. The fraction of sp³-hybridized carbons (Fsp3) is 0.286. The van der Waals surface area contributed by atoms with Crippen molar-refractivity contribution in [2.75, 3.05) is 7.11 Å². The number of methoxy groups -OCH3 is 1. The average Bonchev–Trinajstić information content (AvgIpc) is 3.10. The van der Waals surface area contributed by atoms with Gasteiger partial charge < -0.3 is 9.47 Å². The quantitative estimate of drug-likeness (QED) is 0.458. The second kappa shape index (κ2) is 7.83. The third-order valence-corrected chi connectivity index (χ3v) is 5.75. The van der Waals surface area contributed by atoms with Crippen LogP contribution in [-0.4, -0.2) is 13.1 Å². The SMILES string of the molecule is COC(=O)c1ccc2cc(C(C)C)sc2c1OCc1ccc(C(F)(F)F)cc1. The lowest BCUT2D eigenvalue weighted by atomic mass is 10.1. The minimum absolute atomic E-state index is 0.0379. The van der Waals surface area contributed by atoms with E-state index >= 15 is 0 Å². The summed E-state index contributed by atoms with van der Waals surface area (Å²) in [6.07, 6.45) is -4.38. The number of esters is 1. The molecule has 0 fully saturated rings. The molecule has 3 aromatic rings. The minimum atomic E-state index is -4.38. The molecule has 1 heterocycles. The number of benzene rings is 2. The summed E-state index contributed by atoms with van der Waals surface area (Å²) in [5.41, 5.74) is 0.147. The van der Waals surface area contributed by atoms with Crippen molar-refractivity contribution >= 4 is 27.4 Å². The zero-order chi connectivity index (χ0) is 20.5. The first-order valence-corrected chi connectivity index (χ1v) is 9.46. The highest BCUT2D eigenvalue weighted by Gasteiger charge is 2.30. The van der Waals surface area contributed by atoms with Gasteiger partial charge in [0.2, 0.25) is 0 Å². The molecule has 0 aliphatic heterocycles. The van der Waals surface area contributed by atoms with Gasteiger partial charge in [0.25, 0.3) is 0 Å². The Morgan fingerprint density at radius 2 is 1.79 bits per heavy atom. The number of hydrogen-bond donors (Lipinski definition) is 0. The molecular weight excluding hydrogens is 389 g/mol. The normalized spacial score (nSPS) is 11.8. The van der Waals surface area contributed by atoms with E-state index in [2.05, 4.69) is 19.9 Å². The van der Waals surface area contributed by atoms with Gasteiger partial charge in [-0.2, -0.15) is 13.2 Å². The van der Waals surface area contributed by atoms with Crippen LogP contribution in [0.3, 0.4) is 0 Å². The van der Waals surface area contributed by atoms with E-state index in [1.165, 1.54) is 30.6 Å². The number of thiophene rings is 1. The summed E-state index contributed by atoms with van der Waals surface area (Å²) in [5, 5.41) is 0.948. The van der Waals surface area contributed by atoms with Crippen LogP contribution in [0.1, 0.15) is 46.1 Å². The smallest absolute Gasteiger partial charge is 0.416 e. The zero-order valence-corrected chi connectivity index (χ0v) is 16.4. The van der Waals surface area contributed by atoms with Crippen LogP contribution in [0.4, 0.5) is 13.2 Å². The first kappa shape index (κ1) is 20.2. The monoisotopic (exact) mass is 408 g/mol. The minimum Gasteiger partial charge on any atom is -0.486 e. The molecule has 0 spiro atoms. The van der Waals surface area contributed by atoms with E-state index in [0.717, 1.165) is 27.1 Å². The Morgan fingerprint density at radius 1 is 1.11 bits per heavy atom. The molecule has 0 bridgehead atoms. The molecule has 3 rings (SSSR count). The molecule has 28 heavy (non-hydrogen) atoms.